The lowest BCUT2D eigenvalue weighted by molar-refractivity contribution is -0.141. The molecule has 0 aromatic heterocycles. The summed E-state index contributed by atoms with van der Waals surface area (Å²) in [6.07, 6.45) is 2.02. The van der Waals surface area contributed by atoms with Crippen molar-refractivity contribution in [1.29, 1.82) is 5.26 Å². The zero-order valence-electron chi connectivity index (χ0n) is 18.5. The second-order valence-corrected chi connectivity index (χ2v) is 8.68. The Morgan fingerprint density at radius 2 is 1.97 bits per heavy atom. The van der Waals surface area contributed by atoms with E-state index in [1.165, 1.54) is 0 Å². The average molecular weight is 419 g/mol. The van der Waals surface area contributed by atoms with Crippen LogP contribution in [0.2, 0.25) is 0 Å². The lowest BCUT2D eigenvalue weighted by Crippen LogP contribution is -2.54. The van der Waals surface area contributed by atoms with Gasteiger partial charge in [0.2, 0.25) is 11.8 Å². The highest BCUT2D eigenvalue weighted by Crippen LogP contribution is 2.59. The standard InChI is InChI=1S/C24H25N3O4/c1-7-30-21(28)18-14(4)31-20(26)17(11-25)24(18)16-9-12(2)8-15-13(3)10-23(5,6)27(19(15)16)22(24)29/h8-10H,7,26H2,1-6H3/t24-/m0/s1. The Morgan fingerprint density at radius 1 is 1.29 bits per heavy atom. The number of nitrogens with zero attached hydrogens (tertiary/aromatic N) is 2. The SMILES string of the molecule is CCOC(=O)C1=C(C)OC(N)=C(C#N)[C@]12C(=O)N1c3c(cc(C)cc32)C(C)=CC1(C)C. The Balaban J connectivity index is 2.20. The molecule has 31 heavy (non-hydrogen) atoms. The van der Waals surface area contributed by atoms with Crippen LogP contribution in [-0.4, -0.2) is 24.0 Å². The smallest absolute Gasteiger partial charge is 0.339 e. The number of nitrogens with two attached hydrogens (primary N) is 1. The highest BCUT2D eigenvalue weighted by atomic mass is 16.5. The van der Waals surface area contributed by atoms with E-state index in [0.717, 1.165) is 16.7 Å². The van der Waals surface area contributed by atoms with Gasteiger partial charge in [-0.05, 0) is 53.2 Å². The van der Waals surface area contributed by atoms with Gasteiger partial charge in [0.05, 0.1) is 17.8 Å². The molecule has 160 valence electrons. The van der Waals surface area contributed by atoms with Crippen LogP contribution in [0, 0.1) is 18.3 Å². The summed E-state index contributed by atoms with van der Waals surface area (Å²) >= 11 is 0. The van der Waals surface area contributed by atoms with Gasteiger partial charge in [-0.15, -0.1) is 0 Å². The van der Waals surface area contributed by atoms with Gasteiger partial charge in [0, 0.05) is 11.1 Å². The molecule has 7 nitrogen and oxygen atoms in total. The van der Waals surface area contributed by atoms with Crippen LogP contribution in [0.25, 0.3) is 5.57 Å². The van der Waals surface area contributed by atoms with E-state index in [2.05, 4.69) is 6.07 Å². The van der Waals surface area contributed by atoms with Crippen molar-refractivity contribution in [3.63, 3.8) is 0 Å². The van der Waals surface area contributed by atoms with Gasteiger partial charge in [0.1, 0.15) is 23.0 Å². The van der Waals surface area contributed by atoms with Crippen molar-refractivity contribution in [3.05, 3.63) is 57.7 Å². The van der Waals surface area contributed by atoms with Gasteiger partial charge in [0.15, 0.2) is 5.41 Å². The van der Waals surface area contributed by atoms with E-state index in [4.69, 9.17) is 15.2 Å². The Morgan fingerprint density at radius 3 is 2.58 bits per heavy atom. The second-order valence-electron chi connectivity index (χ2n) is 8.68. The number of fused-ring (bicyclic) bond motifs is 1. The molecule has 2 N–H and O–H groups in total. The summed E-state index contributed by atoms with van der Waals surface area (Å²) in [6, 6.07) is 5.94. The van der Waals surface area contributed by atoms with E-state index in [-0.39, 0.29) is 29.4 Å². The molecule has 1 aromatic carbocycles. The number of ether oxygens (including phenoxy) is 2. The third-order valence-corrected chi connectivity index (χ3v) is 6.18. The highest BCUT2D eigenvalue weighted by Gasteiger charge is 2.64. The minimum absolute atomic E-state index is 0.000697. The molecule has 3 aliphatic heterocycles. The first-order valence-corrected chi connectivity index (χ1v) is 10.2. The predicted octanol–water partition coefficient (Wildman–Crippen LogP) is 3.34. The van der Waals surface area contributed by atoms with Crippen molar-refractivity contribution in [2.45, 2.75) is 52.5 Å². The second kappa shape index (κ2) is 6.48. The van der Waals surface area contributed by atoms with Gasteiger partial charge in [0.25, 0.3) is 0 Å². The minimum Gasteiger partial charge on any atom is -0.462 e. The van der Waals surface area contributed by atoms with E-state index >= 15 is 0 Å². The summed E-state index contributed by atoms with van der Waals surface area (Å²) in [6.45, 7) is 11.1. The molecule has 3 aliphatic rings. The molecule has 1 amide bonds. The van der Waals surface area contributed by atoms with Crippen LogP contribution in [-0.2, 0) is 24.5 Å². The van der Waals surface area contributed by atoms with Gasteiger partial charge < -0.3 is 20.1 Å². The first-order chi connectivity index (χ1) is 14.5. The van der Waals surface area contributed by atoms with E-state index in [0.29, 0.717) is 11.3 Å². The third-order valence-electron chi connectivity index (χ3n) is 6.18. The number of amides is 1. The van der Waals surface area contributed by atoms with E-state index in [1.807, 2.05) is 45.9 Å². The van der Waals surface area contributed by atoms with Crippen molar-refractivity contribution in [1.82, 2.24) is 0 Å². The molecule has 0 aliphatic carbocycles. The molecule has 3 heterocycles. The Labute approximate surface area is 181 Å². The number of rotatable bonds is 2. The zero-order chi connectivity index (χ0) is 22.9. The first kappa shape index (κ1) is 20.7. The minimum atomic E-state index is -1.72. The monoisotopic (exact) mass is 419 g/mol. The third kappa shape index (κ3) is 2.45. The average Bonchev–Trinajstić information content (AvgIpc) is 2.90. The fraction of sp³-hybridized carbons (Fsp3) is 0.375. The fourth-order valence-electron chi connectivity index (χ4n) is 5.18. The highest BCUT2D eigenvalue weighted by molar-refractivity contribution is 6.21. The number of aryl methyl sites for hydroxylation is 1. The number of anilines is 1. The van der Waals surface area contributed by atoms with Crippen LogP contribution in [0.3, 0.4) is 0 Å². The number of carbonyl (C=O) groups excluding carboxylic acids is 2. The number of carbonyl (C=O) groups is 2. The molecule has 0 bridgehead atoms. The van der Waals surface area contributed by atoms with Crippen LogP contribution < -0.4 is 10.6 Å². The molecule has 7 heteroatoms. The number of hydrogen-bond acceptors (Lipinski definition) is 6. The number of nitriles is 1. The van der Waals surface area contributed by atoms with E-state index < -0.39 is 22.8 Å². The maximum atomic E-state index is 14.3. The van der Waals surface area contributed by atoms with Crippen molar-refractivity contribution in [2.24, 2.45) is 5.73 Å². The number of allylic oxidation sites excluding steroid dienone is 2. The van der Waals surface area contributed by atoms with Gasteiger partial charge in [-0.3, -0.25) is 4.79 Å². The maximum Gasteiger partial charge on any atom is 0.339 e. The van der Waals surface area contributed by atoms with E-state index in [9.17, 15) is 14.9 Å². The molecule has 1 spiro atoms. The quantitative estimate of drug-likeness (QED) is 0.737. The maximum absolute atomic E-state index is 14.3. The summed E-state index contributed by atoms with van der Waals surface area (Å²) in [5.74, 6) is -1.14. The summed E-state index contributed by atoms with van der Waals surface area (Å²) in [7, 11) is 0. The molecule has 0 radical (unpaired) electrons. The fourth-order valence-corrected chi connectivity index (χ4v) is 5.18. The topological polar surface area (TPSA) is 106 Å². The molecule has 0 saturated carbocycles. The summed E-state index contributed by atoms with van der Waals surface area (Å²) in [5, 5.41) is 10.1. The van der Waals surface area contributed by atoms with Gasteiger partial charge in [-0.1, -0.05) is 17.7 Å². The van der Waals surface area contributed by atoms with Crippen LogP contribution >= 0.6 is 0 Å². The van der Waals surface area contributed by atoms with Crippen molar-refractivity contribution in [3.8, 4) is 6.07 Å². The van der Waals surface area contributed by atoms with Crippen molar-refractivity contribution in [2.75, 3.05) is 11.5 Å². The predicted molar refractivity (Wildman–Crippen MR) is 115 cm³/mol. The van der Waals surface area contributed by atoms with E-state index in [1.54, 1.807) is 18.7 Å². The summed E-state index contributed by atoms with van der Waals surface area (Å²) in [4.78, 5) is 29.2. The van der Waals surface area contributed by atoms with Gasteiger partial charge >= 0.3 is 5.97 Å². The first-order valence-electron chi connectivity index (χ1n) is 10.2. The Kier molecular flexibility index (Phi) is 4.33. The summed E-state index contributed by atoms with van der Waals surface area (Å²) < 4.78 is 10.9. The Hall–Kier alpha value is -3.53. The number of hydrogen-bond donors (Lipinski definition) is 1. The van der Waals surface area contributed by atoms with Crippen molar-refractivity contribution >= 4 is 23.1 Å². The molecule has 0 saturated heterocycles. The lowest BCUT2D eigenvalue weighted by atomic mass is 9.67. The number of esters is 1. The largest absolute Gasteiger partial charge is 0.462 e. The van der Waals surface area contributed by atoms with Crippen molar-refractivity contribution < 1.29 is 19.1 Å². The summed E-state index contributed by atoms with van der Waals surface area (Å²) in [5.41, 5.74) is 7.69. The Bertz CT molecular complexity index is 1200. The molecule has 0 unspecified atom stereocenters. The van der Waals surface area contributed by atoms with Gasteiger partial charge in [-0.2, -0.15) is 5.26 Å². The van der Waals surface area contributed by atoms with Crippen LogP contribution in [0.4, 0.5) is 5.69 Å². The van der Waals surface area contributed by atoms with Crippen LogP contribution in [0.1, 0.15) is 51.3 Å². The lowest BCUT2D eigenvalue weighted by Gasteiger charge is -2.40. The number of benzene rings is 1. The molecular formula is C24H25N3O4. The van der Waals surface area contributed by atoms with Crippen LogP contribution in [0.5, 0.6) is 0 Å². The molecule has 1 atom stereocenters. The molecule has 0 fully saturated rings. The molecule has 1 aromatic rings. The van der Waals surface area contributed by atoms with Gasteiger partial charge in [-0.25, -0.2) is 4.79 Å². The molecular weight excluding hydrogens is 394 g/mol. The normalized spacial score (nSPS) is 23.5. The molecule has 4 rings (SSSR count). The van der Waals surface area contributed by atoms with Crippen LogP contribution in [0.15, 0.2) is 41.0 Å². The zero-order valence-corrected chi connectivity index (χ0v) is 18.5.